The van der Waals surface area contributed by atoms with Crippen LogP contribution in [-0.4, -0.2) is 15.7 Å². The first kappa shape index (κ1) is 12.7. The summed E-state index contributed by atoms with van der Waals surface area (Å²) in [5.41, 5.74) is 0.916. The van der Waals surface area contributed by atoms with Crippen molar-refractivity contribution in [1.82, 2.24) is 9.97 Å². The number of hydrogen-bond acceptors (Lipinski definition) is 3. The van der Waals surface area contributed by atoms with Crippen molar-refractivity contribution in [2.45, 2.75) is 25.3 Å². The molecule has 2 nitrogen and oxygen atoms in total. The first-order chi connectivity index (χ1) is 8.20. The standard InChI is InChI=1S/C13H15ClN2S/c1-3-9(2)8-17-12-10-6-4-5-7-11(10)15-13(14)16-12/h4-7,9H,3,8H2,1-2H3. The average Bonchev–Trinajstić information content (AvgIpc) is 2.35. The van der Waals surface area contributed by atoms with Crippen LogP contribution < -0.4 is 0 Å². The van der Waals surface area contributed by atoms with Crippen LogP contribution in [0.15, 0.2) is 29.3 Å². The molecule has 1 atom stereocenters. The van der Waals surface area contributed by atoms with Crippen molar-refractivity contribution in [3.05, 3.63) is 29.5 Å². The van der Waals surface area contributed by atoms with E-state index in [1.165, 1.54) is 6.42 Å². The van der Waals surface area contributed by atoms with Gasteiger partial charge in [0, 0.05) is 11.1 Å². The molecule has 0 radical (unpaired) electrons. The second-order valence-corrected chi connectivity index (χ2v) is 5.49. The highest BCUT2D eigenvalue weighted by Crippen LogP contribution is 2.28. The molecule has 0 bridgehead atoms. The summed E-state index contributed by atoms with van der Waals surface area (Å²) in [5.74, 6) is 1.75. The number of fused-ring (bicyclic) bond motifs is 1. The van der Waals surface area contributed by atoms with E-state index in [0.717, 1.165) is 21.7 Å². The molecule has 4 heteroatoms. The molecule has 0 aliphatic rings. The highest BCUT2D eigenvalue weighted by molar-refractivity contribution is 7.99. The first-order valence-corrected chi connectivity index (χ1v) is 7.12. The lowest BCUT2D eigenvalue weighted by Crippen LogP contribution is -1.97. The number of rotatable bonds is 4. The molecular formula is C13H15ClN2S. The number of hydrogen-bond donors (Lipinski definition) is 0. The summed E-state index contributed by atoms with van der Waals surface area (Å²) in [4.78, 5) is 8.55. The Labute approximate surface area is 111 Å². The quantitative estimate of drug-likeness (QED) is 0.465. The molecule has 0 amide bonds. The molecule has 0 aliphatic carbocycles. The molecule has 0 aliphatic heterocycles. The van der Waals surface area contributed by atoms with Gasteiger partial charge >= 0.3 is 0 Å². The predicted molar refractivity (Wildman–Crippen MR) is 74.7 cm³/mol. The van der Waals surface area contributed by atoms with E-state index in [9.17, 15) is 0 Å². The van der Waals surface area contributed by atoms with Crippen LogP contribution in [0.25, 0.3) is 10.9 Å². The van der Waals surface area contributed by atoms with E-state index in [1.807, 2.05) is 24.3 Å². The Bertz CT molecular complexity index is 516. The van der Waals surface area contributed by atoms with Gasteiger partial charge in [0.05, 0.1) is 5.52 Å². The third kappa shape index (κ3) is 3.11. The maximum Gasteiger partial charge on any atom is 0.224 e. The molecule has 0 N–H and O–H groups in total. The number of thioether (sulfide) groups is 1. The maximum atomic E-state index is 5.94. The maximum absolute atomic E-state index is 5.94. The number of halogens is 1. The Balaban J connectivity index is 2.32. The topological polar surface area (TPSA) is 25.8 Å². The van der Waals surface area contributed by atoms with Gasteiger partial charge in [0.2, 0.25) is 5.28 Å². The average molecular weight is 267 g/mol. The van der Waals surface area contributed by atoms with Crippen molar-refractivity contribution in [3.63, 3.8) is 0 Å². The highest BCUT2D eigenvalue weighted by Gasteiger charge is 2.08. The summed E-state index contributed by atoms with van der Waals surface area (Å²) in [6, 6.07) is 7.99. The van der Waals surface area contributed by atoms with Gasteiger partial charge in [0.15, 0.2) is 0 Å². The molecule has 0 saturated carbocycles. The van der Waals surface area contributed by atoms with Gasteiger partial charge < -0.3 is 0 Å². The fourth-order valence-electron chi connectivity index (χ4n) is 1.47. The molecule has 2 rings (SSSR count). The van der Waals surface area contributed by atoms with Crippen LogP contribution in [0.5, 0.6) is 0 Å². The van der Waals surface area contributed by atoms with Crippen LogP contribution >= 0.6 is 23.4 Å². The van der Waals surface area contributed by atoms with Gasteiger partial charge in [0.25, 0.3) is 0 Å². The minimum atomic E-state index is 0.329. The van der Waals surface area contributed by atoms with Crippen LogP contribution in [0.4, 0.5) is 0 Å². The molecule has 17 heavy (non-hydrogen) atoms. The van der Waals surface area contributed by atoms with Crippen LogP contribution in [0, 0.1) is 5.92 Å². The smallest absolute Gasteiger partial charge is 0.218 e. The normalized spacial score (nSPS) is 12.9. The number of para-hydroxylation sites is 1. The summed E-state index contributed by atoms with van der Waals surface area (Å²) in [7, 11) is 0. The van der Waals surface area contributed by atoms with E-state index in [2.05, 4.69) is 23.8 Å². The Hall–Kier alpha value is -0.800. The molecule has 2 aromatic rings. The number of aromatic nitrogens is 2. The van der Waals surface area contributed by atoms with Crippen molar-refractivity contribution in [1.29, 1.82) is 0 Å². The Morgan fingerprint density at radius 3 is 2.82 bits per heavy atom. The zero-order valence-corrected chi connectivity index (χ0v) is 11.6. The number of nitrogens with zero attached hydrogens (tertiary/aromatic N) is 2. The fraction of sp³-hybridized carbons (Fsp3) is 0.385. The number of benzene rings is 1. The highest BCUT2D eigenvalue weighted by atomic mass is 35.5. The molecule has 1 unspecified atom stereocenters. The van der Waals surface area contributed by atoms with Gasteiger partial charge in [-0.3, -0.25) is 0 Å². The molecule has 1 heterocycles. The molecular weight excluding hydrogens is 252 g/mol. The van der Waals surface area contributed by atoms with Gasteiger partial charge in [-0.2, -0.15) is 0 Å². The third-order valence-electron chi connectivity index (χ3n) is 2.74. The lowest BCUT2D eigenvalue weighted by Gasteiger charge is -2.09. The monoisotopic (exact) mass is 266 g/mol. The zero-order valence-electron chi connectivity index (χ0n) is 9.98. The summed E-state index contributed by atoms with van der Waals surface area (Å²) < 4.78 is 0. The van der Waals surface area contributed by atoms with Crippen molar-refractivity contribution >= 4 is 34.3 Å². The second-order valence-electron chi connectivity index (χ2n) is 4.14. The van der Waals surface area contributed by atoms with Gasteiger partial charge in [-0.25, -0.2) is 9.97 Å². The van der Waals surface area contributed by atoms with E-state index in [0.29, 0.717) is 11.2 Å². The predicted octanol–water partition coefficient (Wildman–Crippen LogP) is 4.42. The van der Waals surface area contributed by atoms with E-state index >= 15 is 0 Å². The Morgan fingerprint density at radius 1 is 1.29 bits per heavy atom. The molecule has 1 aromatic heterocycles. The molecule has 0 spiro atoms. The SMILES string of the molecule is CCC(C)CSc1nc(Cl)nc2ccccc12. The molecule has 90 valence electrons. The van der Waals surface area contributed by atoms with Crippen LogP contribution in [0.2, 0.25) is 5.28 Å². The summed E-state index contributed by atoms with van der Waals surface area (Å²) in [5, 5.41) is 2.40. The summed E-state index contributed by atoms with van der Waals surface area (Å²) >= 11 is 7.70. The van der Waals surface area contributed by atoms with Crippen molar-refractivity contribution in [3.8, 4) is 0 Å². The van der Waals surface area contributed by atoms with E-state index < -0.39 is 0 Å². The summed E-state index contributed by atoms with van der Waals surface area (Å²) in [6.07, 6.45) is 1.18. The minimum absolute atomic E-state index is 0.329. The van der Waals surface area contributed by atoms with E-state index in [4.69, 9.17) is 11.6 Å². The lowest BCUT2D eigenvalue weighted by atomic mass is 10.2. The fourth-order valence-corrected chi connectivity index (χ4v) is 2.85. The van der Waals surface area contributed by atoms with Gasteiger partial charge in [-0.05, 0) is 23.6 Å². The van der Waals surface area contributed by atoms with Crippen molar-refractivity contribution in [2.24, 2.45) is 5.92 Å². The zero-order chi connectivity index (χ0) is 12.3. The Morgan fingerprint density at radius 2 is 2.06 bits per heavy atom. The minimum Gasteiger partial charge on any atom is -0.218 e. The lowest BCUT2D eigenvalue weighted by molar-refractivity contribution is 0.636. The summed E-state index contributed by atoms with van der Waals surface area (Å²) in [6.45, 7) is 4.45. The van der Waals surface area contributed by atoms with Gasteiger partial charge in [-0.1, -0.05) is 38.5 Å². The van der Waals surface area contributed by atoms with Gasteiger partial charge in [0.1, 0.15) is 5.03 Å². The van der Waals surface area contributed by atoms with Crippen LogP contribution in [0.3, 0.4) is 0 Å². The Kier molecular flexibility index (Phi) is 4.24. The van der Waals surface area contributed by atoms with Crippen molar-refractivity contribution < 1.29 is 0 Å². The van der Waals surface area contributed by atoms with Crippen LogP contribution in [-0.2, 0) is 0 Å². The second kappa shape index (κ2) is 5.69. The molecule has 0 saturated heterocycles. The van der Waals surface area contributed by atoms with Crippen LogP contribution in [0.1, 0.15) is 20.3 Å². The van der Waals surface area contributed by atoms with E-state index in [1.54, 1.807) is 11.8 Å². The first-order valence-electron chi connectivity index (χ1n) is 5.75. The van der Waals surface area contributed by atoms with E-state index in [-0.39, 0.29) is 0 Å². The molecule has 0 fully saturated rings. The van der Waals surface area contributed by atoms with Crippen molar-refractivity contribution in [2.75, 3.05) is 5.75 Å². The third-order valence-corrected chi connectivity index (χ3v) is 4.23. The largest absolute Gasteiger partial charge is 0.224 e. The molecule has 1 aromatic carbocycles. The van der Waals surface area contributed by atoms with Gasteiger partial charge in [-0.15, -0.1) is 11.8 Å².